The number of rotatable bonds is 7. The second-order valence-electron chi connectivity index (χ2n) is 3.93. The Bertz CT molecular complexity index is 357. The zero-order valence-electron chi connectivity index (χ0n) is 10.6. The zero-order valence-corrected chi connectivity index (χ0v) is 10.6. The van der Waals surface area contributed by atoms with Crippen molar-refractivity contribution in [2.24, 2.45) is 5.73 Å². The van der Waals surface area contributed by atoms with Crippen molar-refractivity contribution in [3.8, 4) is 0 Å². The van der Waals surface area contributed by atoms with E-state index in [9.17, 15) is 4.79 Å². The lowest BCUT2D eigenvalue weighted by Gasteiger charge is -2.24. The number of amides is 1. The fourth-order valence-electron chi connectivity index (χ4n) is 1.65. The standard InChI is InChI=1S/C13H20N2O3/c1-18-10-8-15(7-9-16)13(17)12(14)11-5-3-2-4-6-11/h2-6,12,16H,7-10,14H2,1H3/t12-/m1/s1. The molecule has 0 unspecified atom stereocenters. The number of carbonyl (C=O) groups excluding carboxylic acids is 1. The number of hydrogen-bond donors (Lipinski definition) is 2. The summed E-state index contributed by atoms with van der Waals surface area (Å²) in [6.07, 6.45) is 0. The fourth-order valence-corrected chi connectivity index (χ4v) is 1.65. The number of hydrogen-bond acceptors (Lipinski definition) is 4. The van der Waals surface area contributed by atoms with Gasteiger partial charge in [0.05, 0.1) is 13.2 Å². The van der Waals surface area contributed by atoms with Crippen LogP contribution in [0, 0.1) is 0 Å². The molecule has 1 amide bonds. The van der Waals surface area contributed by atoms with Crippen LogP contribution < -0.4 is 5.73 Å². The fraction of sp³-hybridized carbons (Fsp3) is 0.462. The first-order valence-electron chi connectivity index (χ1n) is 5.89. The largest absolute Gasteiger partial charge is 0.395 e. The number of aliphatic hydroxyl groups is 1. The van der Waals surface area contributed by atoms with Crippen molar-refractivity contribution in [1.82, 2.24) is 4.90 Å². The number of nitrogens with zero attached hydrogens (tertiary/aromatic N) is 1. The van der Waals surface area contributed by atoms with Crippen LogP contribution in [-0.2, 0) is 9.53 Å². The molecule has 0 saturated heterocycles. The molecule has 0 heterocycles. The van der Waals surface area contributed by atoms with Crippen molar-refractivity contribution in [1.29, 1.82) is 0 Å². The minimum atomic E-state index is -0.699. The third-order valence-corrected chi connectivity index (χ3v) is 2.67. The summed E-state index contributed by atoms with van der Waals surface area (Å²) in [5, 5.41) is 8.96. The first-order chi connectivity index (χ1) is 8.70. The Hall–Kier alpha value is -1.43. The summed E-state index contributed by atoms with van der Waals surface area (Å²) in [6.45, 7) is 1.03. The summed E-state index contributed by atoms with van der Waals surface area (Å²) in [4.78, 5) is 13.7. The molecule has 100 valence electrons. The van der Waals surface area contributed by atoms with Gasteiger partial charge in [-0.1, -0.05) is 30.3 Å². The quantitative estimate of drug-likeness (QED) is 0.724. The second-order valence-corrected chi connectivity index (χ2v) is 3.93. The molecule has 0 aliphatic rings. The number of carbonyl (C=O) groups is 1. The summed E-state index contributed by atoms with van der Waals surface area (Å²) < 4.78 is 4.94. The molecule has 0 radical (unpaired) electrons. The van der Waals surface area contributed by atoms with Gasteiger partial charge in [0.25, 0.3) is 0 Å². The first-order valence-corrected chi connectivity index (χ1v) is 5.89. The molecule has 0 spiro atoms. The van der Waals surface area contributed by atoms with Crippen LogP contribution in [0.1, 0.15) is 11.6 Å². The van der Waals surface area contributed by atoms with Crippen molar-refractivity contribution in [2.75, 3.05) is 33.4 Å². The molecule has 1 rings (SSSR count). The maximum absolute atomic E-state index is 12.2. The van der Waals surface area contributed by atoms with Crippen LogP contribution in [0.3, 0.4) is 0 Å². The van der Waals surface area contributed by atoms with Crippen LogP contribution in [0.4, 0.5) is 0 Å². The molecule has 3 N–H and O–H groups in total. The van der Waals surface area contributed by atoms with Crippen LogP contribution in [0.25, 0.3) is 0 Å². The summed E-state index contributed by atoms with van der Waals surface area (Å²) in [5.74, 6) is -0.202. The Morgan fingerprint density at radius 1 is 1.39 bits per heavy atom. The molecular weight excluding hydrogens is 232 g/mol. The number of nitrogens with two attached hydrogens (primary N) is 1. The monoisotopic (exact) mass is 252 g/mol. The summed E-state index contributed by atoms with van der Waals surface area (Å²) in [5.41, 5.74) is 6.69. The van der Waals surface area contributed by atoms with Crippen LogP contribution in [0.15, 0.2) is 30.3 Å². The molecule has 5 nitrogen and oxygen atoms in total. The molecule has 0 bridgehead atoms. The summed E-state index contributed by atoms with van der Waals surface area (Å²) in [6, 6.07) is 8.49. The molecule has 0 saturated carbocycles. The van der Waals surface area contributed by atoms with Gasteiger partial charge in [0.2, 0.25) is 5.91 Å². The first kappa shape index (κ1) is 14.6. The van der Waals surface area contributed by atoms with E-state index >= 15 is 0 Å². The van der Waals surface area contributed by atoms with E-state index in [-0.39, 0.29) is 19.1 Å². The van der Waals surface area contributed by atoms with Crippen molar-refractivity contribution < 1.29 is 14.6 Å². The third-order valence-electron chi connectivity index (χ3n) is 2.67. The molecule has 1 atom stereocenters. The van der Waals surface area contributed by atoms with Crippen molar-refractivity contribution in [3.05, 3.63) is 35.9 Å². The Morgan fingerprint density at radius 2 is 2.06 bits per heavy atom. The average molecular weight is 252 g/mol. The highest BCUT2D eigenvalue weighted by atomic mass is 16.5. The molecule has 5 heteroatoms. The third kappa shape index (κ3) is 4.10. The zero-order chi connectivity index (χ0) is 13.4. The maximum Gasteiger partial charge on any atom is 0.244 e. The van der Waals surface area contributed by atoms with Crippen LogP contribution in [0.5, 0.6) is 0 Å². The van der Waals surface area contributed by atoms with Crippen molar-refractivity contribution in [2.45, 2.75) is 6.04 Å². The van der Waals surface area contributed by atoms with E-state index in [4.69, 9.17) is 15.6 Å². The second kappa shape index (κ2) is 7.81. The number of benzene rings is 1. The van der Waals surface area contributed by atoms with Crippen LogP contribution in [-0.4, -0.2) is 49.3 Å². The Labute approximate surface area is 107 Å². The Kier molecular flexibility index (Phi) is 6.35. The number of methoxy groups -OCH3 is 1. The van der Waals surface area contributed by atoms with Crippen molar-refractivity contribution >= 4 is 5.91 Å². The lowest BCUT2D eigenvalue weighted by molar-refractivity contribution is -0.133. The minimum Gasteiger partial charge on any atom is -0.395 e. The molecule has 0 aromatic heterocycles. The molecular formula is C13H20N2O3. The Balaban J connectivity index is 2.69. The predicted molar refractivity (Wildman–Crippen MR) is 68.9 cm³/mol. The summed E-state index contributed by atoms with van der Waals surface area (Å²) >= 11 is 0. The topological polar surface area (TPSA) is 75.8 Å². The summed E-state index contributed by atoms with van der Waals surface area (Å²) in [7, 11) is 1.57. The molecule has 0 aliphatic carbocycles. The van der Waals surface area contributed by atoms with Gasteiger partial charge >= 0.3 is 0 Å². The van der Waals surface area contributed by atoms with Gasteiger partial charge in [0.15, 0.2) is 0 Å². The predicted octanol–water partition coefficient (Wildman–Crippen LogP) is 0.154. The van der Waals surface area contributed by atoms with Gasteiger partial charge in [-0.3, -0.25) is 4.79 Å². The van der Waals surface area contributed by atoms with E-state index < -0.39 is 6.04 Å². The highest BCUT2D eigenvalue weighted by molar-refractivity contribution is 5.83. The molecule has 18 heavy (non-hydrogen) atoms. The lowest BCUT2D eigenvalue weighted by atomic mass is 10.1. The molecule has 1 aromatic carbocycles. The van der Waals surface area contributed by atoms with Crippen LogP contribution >= 0.6 is 0 Å². The number of ether oxygens (including phenoxy) is 1. The van der Waals surface area contributed by atoms with Crippen LogP contribution in [0.2, 0.25) is 0 Å². The minimum absolute atomic E-state index is 0.0863. The normalized spacial score (nSPS) is 12.2. The smallest absolute Gasteiger partial charge is 0.244 e. The van der Waals surface area contributed by atoms with Gasteiger partial charge in [0, 0.05) is 20.2 Å². The van der Waals surface area contributed by atoms with Gasteiger partial charge in [-0.2, -0.15) is 0 Å². The number of aliphatic hydroxyl groups excluding tert-OH is 1. The SMILES string of the molecule is COCCN(CCO)C(=O)[C@H](N)c1ccccc1. The van der Waals surface area contributed by atoms with E-state index in [1.165, 1.54) is 4.90 Å². The van der Waals surface area contributed by atoms with E-state index in [0.717, 1.165) is 5.56 Å². The highest BCUT2D eigenvalue weighted by Crippen LogP contribution is 2.12. The van der Waals surface area contributed by atoms with Gasteiger partial charge in [0.1, 0.15) is 6.04 Å². The van der Waals surface area contributed by atoms with E-state index in [1.54, 1.807) is 7.11 Å². The van der Waals surface area contributed by atoms with E-state index in [2.05, 4.69) is 0 Å². The van der Waals surface area contributed by atoms with Gasteiger partial charge in [-0.05, 0) is 5.56 Å². The van der Waals surface area contributed by atoms with Gasteiger partial charge in [-0.25, -0.2) is 0 Å². The maximum atomic E-state index is 12.2. The average Bonchev–Trinajstić information content (AvgIpc) is 2.43. The Morgan fingerprint density at radius 3 is 2.61 bits per heavy atom. The molecule has 1 aromatic rings. The molecule has 0 aliphatic heterocycles. The van der Waals surface area contributed by atoms with E-state index in [1.807, 2.05) is 30.3 Å². The molecule has 0 fully saturated rings. The van der Waals surface area contributed by atoms with Gasteiger partial charge < -0.3 is 20.5 Å². The van der Waals surface area contributed by atoms with Crippen molar-refractivity contribution in [3.63, 3.8) is 0 Å². The highest BCUT2D eigenvalue weighted by Gasteiger charge is 2.21. The van der Waals surface area contributed by atoms with E-state index in [0.29, 0.717) is 13.2 Å². The van der Waals surface area contributed by atoms with Gasteiger partial charge in [-0.15, -0.1) is 0 Å². The lowest BCUT2D eigenvalue weighted by Crippen LogP contribution is -2.41.